The molecule has 8 nitrogen and oxygen atoms in total. The summed E-state index contributed by atoms with van der Waals surface area (Å²) >= 11 is 0. The van der Waals surface area contributed by atoms with E-state index in [4.69, 9.17) is 4.74 Å². The Morgan fingerprint density at radius 3 is 2.39 bits per heavy atom. The summed E-state index contributed by atoms with van der Waals surface area (Å²) in [5, 5.41) is 6.24. The Balaban J connectivity index is 1.57. The summed E-state index contributed by atoms with van der Waals surface area (Å²) < 4.78 is 46.2. The van der Waals surface area contributed by atoms with Crippen molar-refractivity contribution >= 4 is 49.9 Å². The van der Waals surface area contributed by atoms with Crippen LogP contribution in [0.15, 0.2) is 59.5 Å². The summed E-state index contributed by atoms with van der Waals surface area (Å²) in [6, 6.07) is 13.5. The predicted molar refractivity (Wildman–Crippen MR) is 123 cm³/mol. The SMILES string of the molecule is CC(C)(C)OC(=O)Nc1ccc(F)cc1NC(=O)CN1c2cccc3cccc(c23)S1(=O)=O. The van der Waals surface area contributed by atoms with Crippen LogP contribution < -0.4 is 14.9 Å². The third-order valence-corrected chi connectivity index (χ3v) is 6.66. The molecule has 172 valence electrons. The van der Waals surface area contributed by atoms with Gasteiger partial charge < -0.3 is 10.1 Å². The molecule has 0 atom stereocenters. The van der Waals surface area contributed by atoms with Crippen LogP contribution in [0.25, 0.3) is 10.8 Å². The van der Waals surface area contributed by atoms with E-state index in [0.717, 1.165) is 21.8 Å². The van der Waals surface area contributed by atoms with Crippen LogP contribution in [0.2, 0.25) is 0 Å². The van der Waals surface area contributed by atoms with Crippen LogP contribution in [-0.2, 0) is 19.6 Å². The maximum absolute atomic E-state index is 13.9. The van der Waals surface area contributed by atoms with Crippen LogP contribution in [0, 0.1) is 5.82 Å². The second kappa shape index (κ2) is 8.04. The van der Waals surface area contributed by atoms with Gasteiger partial charge in [-0.2, -0.15) is 0 Å². The van der Waals surface area contributed by atoms with Gasteiger partial charge in [0.1, 0.15) is 18.0 Å². The summed E-state index contributed by atoms with van der Waals surface area (Å²) in [5.74, 6) is -1.35. The van der Waals surface area contributed by atoms with Crippen molar-refractivity contribution in [2.45, 2.75) is 31.3 Å². The number of benzene rings is 3. The number of amides is 2. The number of halogens is 1. The first-order valence-corrected chi connectivity index (χ1v) is 11.5. The molecule has 0 bridgehead atoms. The molecule has 1 aliphatic heterocycles. The van der Waals surface area contributed by atoms with Crippen molar-refractivity contribution < 1.29 is 27.1 Å². The highest BCUT2D eigenvalue weighted by Crippen LogP contribution is 2.41. The molecular formula is C23H22FN3O5S. The second-order valence-corrected chi connectivity index (χ2v) is 10.3. The smallest absolute Gasteiger partial charge is 0.412 e. The average molecular weight is 472 g/mol. The lowest BCUT2D eigenvalue weighted by Crippen LogP contribution is -2.35. The van der Waals surface area contributed by atoms with E-state index < -0.39 is 40.0 Å². The third kappa shape index (κ3) is 4.47. The fourth-order valence-corrected chi connectivity index (χ4v) is 5.26. The molecule has 0 aliphatic carbocycles. The lowest BCUT2D eigenvalue weighted by atomic mass is 10.1. The first kappa shape index (κ1) is 22.5. The van der Waals surface area contributed by atoms with E-state index >= 15 is 0 Å². The first-order valence-electron chi connectivity index (χ1n) is 10.1. The Hall–Kier alpha value is -3.66. The molecule has 3 aromatic carbocycles. The largest absolute Gasteiger partial charge is 0.444 e. The minimum Gasteiger partial charge on any atom is -0.444 e. The highest BCUT2D eigenvalue weighted by molar-refractivity contribution is 7.93. The average Bonchev–Trinajstić information content (AvgIpc) is 2.92. The van der Waals surface area contributed by atoms with Crippen molar-refractivity contribution in [2.24, 2.45) is 0 Å². The van der Waals surface area contributed by atoms with Gasteiger partial charge in [0.2, 0.25) is 5.91 Å². The van der Waals surface area contributed by atoms with E-state index in [0.29, 0.717) is 11.1 Å². The molecular weight excluding hydrogens is 449 g/mol. The number of nitrogens with one attached hydrogen (secondary N) is 2. The molecule has 0 saturated carbocycles. The highest BCUT2D eigenvalue weighted by atomic mass is 32.2. The molecule has 1 heterocycles. The monoisotopic (exact) mass is 471 g/mol. The first-order chi connectivity index (χ1) is 15.5. The Morgan fingerprint density at radius 2 is 1.70 bits per heavy atom. The maximum atomic E-state index is 13.9. The number of hydrogen-bond donors (Lipinski definition) is 2. The molecule has 0 spiro atoms. The summed E-state index contributed by atoms with van der Waals surface area (Å²) in [6.07, 6.45) is -0.783. The zero-order valence-corrected chi connectivity index (χ0v) is 19.0. The minimum absolute atomic E-state index is 0.0295. The van der Waals surface area contributed by atoms with Gasteiger partial charge in [-0.25, -0.2) is 17.6 Å². The molecule has 0 saturated heterocycles. The van der Waals surface area contributed by atoms with Crippen LogP contribution in [-0.4, -0.2) is 32.6 Å². The van der Waals surface area contributed by atoms with E-state index in [9.17, 15) is 22.4 Å². The van der Waals surface area contributed by atoms with Crippen LogP contribution in [0.1, 0.15) is 20.8 Å². The number of nitrogens with zero attached hydrogens (tertiary/aromatic N) is 1. The van der Waals surface area contributed by atoms with Crippen LogP contribution in [0.5, 0.6) is 0 Å². The molecule has 0 fully saturated rings. The molecule has 10 heteroatoms. The number of carbonyl (C=O) groups is 2. The number of sulfonamides is 1. The topological polar surface area (TPSA) is 105 Å². The van der Waals surface area contributed by atoms with Gasteiger partial charge >= 0.3 is 6.09 Å². The van der Waals surface area contributed by atoms with Crippen molar-refractivity contribution in [3.63, 3.8) is 0 Å². The second-order valence-electron chi connectivity index (χ2n) is 8.51. The normalized spacial score (nSPS) is 14.2. The van der Waals surface area contributed by atoms with Crippen LogP contribution in [0.4, 0.5) is 26.2 Å². The van der Waals surface area contributed by atoms with Crippen molar-refractivity contribution in [1.82, 2.24) is 0 Å². The Labute approximate surface area is 190 Å². The van der Waals surface area contributed by atoms with Gasteiger partial charge in [-0.1, -0.05) is 24.3 Å². The highest BCUT2D eigenvalue weighted by Gasteiger charge is 2.36. The van der Waals surface area contributed by atoms with E-state index in [-0.39, 0.29) is 16.3 Å². The predicted octanol–water partition coefficient (Wildman–Crippen LogP) is 4.47. The Morgan fingerprint density at radius 1 is 1.00 bits per heavy atom. The summed E-state index contributed by atoms with van der Waals surface area (Å²) in [5.41, 5.74) is -0.287. The molecule has 2 amide bonds. The number of carbonyl (C=O) groups excluding carboxylic acids is 2. The van der Waals surface area contributed by atoms with Crippen molar-refractivity contribution in [1.29, 1.82) is 0 Å². The zero-order chi connectivity index (χ0) is 24.0. The van der Waals surface area contributed by atoms with Gasteiger partial charge in [0.15, 0.2) is 0 Å². The Kier molecular flexibility index (Phi) is 5.49. The van der Waals surface area contributed by atoms with E-state index in [1.165, 1.54) is 12.1 Å². The molecule has 0 aromatic heterocycles. The number of ether oxygens (including phenoxy) is 1. The van der Waals surface area contributed by atoms with Gasteiger partial charge in [0.25, 0.3) is 10.0 Å². The van der Waals surface area contributed by atoms with Crippen LogP contribution in [0.3, 0.4) is 0 Å². The van der Waals surface area contributed by atoms with E-state index in [2.05, 4.69) is 10.6 Å². The van der Waals surface area contributed by atoms with Crippen molar-refractivity contribution in [3.05, 3.63) is 60.4 Å². The van der Waals surface area contributed by atoms with Gasteiger partial charge in [-0.3, -0.25) is 14.4 Å². The number of anilines is 3. The zero-order valence-electron chi connectivity index (χ0n) is 18.2. The van der Waals surface area contributed by atoms with Crippen LogP contribution >= 0.6 is 0 Å². The lowest BCUT2D eigenvalue weighted by molar-refractivity contribution is -0.114. The minimum atomic E-state index is -3.93. The molecule has 3 aromatic rings. The molecule has 0 radical (unpaired) electrons. The van der Waals surface area contributed by atoms with Gasteiger partial charge in [-0.15, -0.1) is 0 Å². The molecule has 33 heavy (non-hydrogen) atoms. The number of rotatable bonds is 4. The van der Waals surface area contributed by atoms with E-state index in [1.807, 2.05) is 0 Å². The number of hydrogen-bond acceptors (Lipinski definition) is 5. The fraction of sp³-hybridized carbons (Fsp3) is 0.217. The van der Waals surface area contributed by atoms with Gasteiger partial charge in [-0.05, 0) is 56.5 Å². The van der Waals surface area contributed by atoms with Crippen molar-refractivity contribution in [3.8, 4) is 0 Å². The quantitative estimate of drug-likeness (QED) is 0.584. The fourth-order valence-electron chi connectivity index (χ4n) is 3.59. The molecule has 1 aliphatic rings. The Bertz CT molecular complexity index is 1380. The summed E-state index contributed by atoms with van der Waals surface area (Å²) in [7, 11) is -3.93. The standard InChI is InChI=1S/C23H22FN3O5S/c1-23(2,3)32-22(29)26-16-11-10-15(24)12-17(16)25-20(28)13-27-18-8-4-6-14-7-5-9-19(21(14)18)33(27,30)31/h4-12H,13H2,1-3H3,(H,25,28)(H,26,29). The molecule has 4 rings (SSSR count). The molecule has 0 unspecified atom stereocenters. The third-order valence-electron chi connectivity index (χ3n) is 4.86. The summed E-state index contributed by atoms with van der Waals surface area (Å²) in [6.45, 7) is 4.54. The maximum Gasteiger partial charge on any atom is 0.412 e. The summed E-state index contributed by atoms with van der Waals surface area (Å²) in [4.78, 5) is 25.1. The lowest BCUT2D eigenvalue weighted by Gasteiger charge is -2.21. The van der Waals surface area contributed by atoms with E-state index in [1.54, 1.807) is 51.1 Å². The van der Waals surface area contributed by atoms with Gasteiger partial charge in [0.05, 0.1) is 22.0 Å². The van der Waals surface area contributed by atoms with Gasteiger partial charge in [0, 0.05) is 5.39 Å². The molecule has 2 N–H and O–H groups in total. The van der Waals surface area contributed by atoms with Crippen molar-refractivity contribution in [2.75, 3.05) is 21.5 Å².